The van der Waals surface area contributed by atoms with Crippen LogP contribution in [0.15, 0.2) is 58.5 Å². The molecule has 1 aromatic heterocycles. The van der Waals surface area contributed by atoms with Crippen molar-refractivity contribution in [1.82, 2.24) is 14.5 Å². The van der Waals surface area contributed by atoms with Crippen molar-refractivity contribution in [3.63, 3.8) is 0 Å². The number of aromatic nitrogens is 2. The monoisotopic (exact) mass is 395 g/mol. The molecule has 1 heterocycles. The predicted molar refractivity (Wildman–Crippen MR) is 115 cm³/mol. The van der Waals surface area contributed by atoms with Crippen LogP contribution in [0.1, 0.15) is 26.3 Å². The SMILES string of the molecule is CCN(CC)C(=O)[C@H](C)Sc1nc2ccccc2c(=O)n1-c1ccc(C)cc1. The van der Waals surface area contributed by atoms with Crippen molar-refractivity contribution in [2.75, 3.05) is 13.1 Å². The van der Waals surface area contributed by atoms with Gasteiger partial charge in [-0.05, 0) is 52.0 Å². The van der Waals surface area contributed by atoms with Crippen molar-refractivity contribution >= 4 is 28.6 Å². The number of para-hydroxylation sites is 1. The first kappa shape index (κ1) is 20.1. The minimum atomic E-state index is -0.343. The largest absolute Gasteiger partial charge is 0.342 e. The molecule has 28 heavy (non-hydrogen) atoms. The van der Waals surface area contributed by atoms with Crippen LogP contribution in [0.4, 0.5) is 0 Å². The molecule has 2 aromatic carbocycles. The number of amides is 1. The van der Waals surface area contributed by atoms with E-state index in [-0.39, 0.29) is 16.7 Å². The van der Waals surface area contributed by atoms with Crippen molar-refractivity contribution in [1.29, 1.82) is 0 Å². The van der Waals surface area contributed by atoms with Gasteiger partial charge >= 0.3 is 0 Å². The van der Waals surface area contributed by atoms with E-state index in [1.54, 1.807) is 15.5 Å². The van der Waals surface area contributed by atoms with E-state index in [9.17, 15) is 9.59 Å². The maximum Gasteiger partial charge on any atom is 0.266 e. The molecule has 0 radical (unpaired) electrons. The van der Waals surface area contributed by atoms with E-state index < -0.39 is 0 Å². The van der Waals surface area contributed by atoms with E-state index in [2.05, 4.69) is 0 Å². The summed E-state index contributed by atoms with van der Waals surface area (Å²) in [6, 6.07) is 15.1. The molecule has 0 fully saturated rings. The molecular formula is C22H25N3O2S. The van der Waals surface area contributed by atoms with E-state index in [0.29, 0.717) is 29.1 Å². The van der Waals surface area contributed by atoms with Crippen LogP contribution in [0.3, 0.4) is 0 Å². The Labute approximate surface area is 169 Å². The van der Waals surface area contributed by atoms with Crippen LogP contribution >= 0.6 is 11.8 Å². The second-order valence-electron chi connectivity index (χ2n) is 6.66. The molecule has 3 rings (SSSR count). The Morgan fingerprint density at radius 1 is 1.11 bits per heavy atom. The second-order valence-corrected chi connectivity index (χ2v) is 7.97. The van der Waals surface area contributed by atoms with Gasteiger partial charge in [0.05, 0.1) is 21.8 Å². The molecule has 0 unspecified atom stereocenters. The van der Waals surface area contributed by atoms with Crippen molar-refractivity contribution in [2.45, 2.75) is 38.1 Å². The fourth-order valence-corrected chi connectivity index (χ4v) is 4.12. The maximum absolute atomic E-state index is 13.2. The first-order chi connectivity index (χ1) is 13.5. The average molecular weight is 396 g/mol. The zero-order valence-electron chi connectivity index (χ0n) is 16.7. The third-order valence-corrected chi connectivity index (χ3v) is 5.78. The quantitative estimate of drug-likeness (QED) is 0.467. The van der Waals surface area contributed by atoms with Crippen molar-refractivity contribution in [3.8, 4) is 5.69 Å². The van der Waals surface area contributed by atoms with Gasteiger partial charge < -0.3 is 4.90 Å². The number of rotatable bonds is 6. The van der Waals surface area contributed by atoms with E-state index in [1.807, 2.05) is 70.2 Å². The number of carbonyl (C=O) groups is 1. The average Bonchev–Trinajstić information content (AvgIpc) is 2.70. The number of aryl methyl sites for hydroxylation is 1. The summed E-state index contributed by atoms with van der Waals surface area (Å²) in [7, 11) is 0. The summed E-state index contributed by atoms with van der Waals surface area (Å²) in [6.07, 6.45) is 0. The van der Waals surface area contributed by atoms with Gasteiger partial charge in [0.25, 0.3) is 5.56 Å². The standard InChI is InChI=1S/C22H25N3O2S/c1-5-24(6-2)20(26)16(4)28-22-23-19-10-8-7-9-18(19)21(27)25(22)17-13-11-15(3)12-14-17/h7-14,16H,5-6H2,1-4H3/t16-/m0/s1. The number of benzene rings is 2. The Hall–Kier alpha value is -2.60. The lowest BCUT2D eigenvalue weighted by atomic mass is 10.2. The Bertz CT molecular complexity index is 1040. The van der Waals surface area contributed by atoms with Gasteiger partial charge in [0, 0.05) is 13.1 Å². The first-order valence-corrected chi connectivity index (χ1v) is 10.4. The maximum atomic E-state index is 13.2. The zero-order chi connectivity index (χ0) is 20.3. The zero-order valence-corrected chi connectivity index (χ0v) is 17.5. The van der Waals surface area contributed by atoms with Gasteiger partial charge in [-0.3, -0.25) is 14.2 Å². The fourth-order valence-electron chi connectivity index (χ4n) is 3.11. The Kier molecular flexibility index (Phi) is 6.19. The number of hydrogen-bond donors (Lipinski definition) is 0. The summed E-state index contributed by atoms with van der Waals surface area (Å²) < 4.78 is 1.61. The number of nitrogens with zero attached hydrogens (tertiary/aromatic N) is 3. The van der Waals surface area contributed by atoms with E-state index >= 15 is 0 Å². The van der Waals surface area contributed by atoms with Gasteiger partial charge in [-0.2, -0.15) is 0 Å². The molecule has 0 saturated heterocycles. The summed E-state index contributed by atoms with van der Waals surface area (Å²) in [6.45, 7) is 9.13. The highest BCUT2D eigenvalue weighted by atomic mass is 32.2. The Balaban J connectivity index is 2.12. The highest BCUT2D eigenvalue weighted by Crippen LogP contribution is 2.26. The van der Waals surface area contributed by atoms with Crippen molar-refractivity contribution < 1.29 is 4.79 Å². The highest BCUT2D eigenvalue weighted by Gasteiger charge is 2.23. The number of thioether (sulfide) groups is 1. The van der Waals surface area contributed by atoms with Crippen LogP contribution in [0.5, 0.6) is 0 Å². The summed E-state index contributed by atoms with van der Waals surface area (Å²) in [5, 5.41) is 0.750. The molecule has 0 aliphatic rings. The minimum Gasteiger partial charge on any atom is -0.342 e. The predicted octanol–water partition coefficient (Wildman–Crippen LogP) is 4.04. The van der Waals surface area contributed by atoms with Gasteiger partial charge in [0.1, 0.15) is 0 Å². The molecule has 6 heteroatoms. The van der Waals surface area contributed by atoms with E-state index in [0.717, 1.165) is 11.3 Å². The molecule has 5 nitrogen and oxygen atoms in total. The van der Waals surface area contributed by atoms with Gasteiger partial charge in [0.15, 0.2) is 5.16 Å². The number of fused-ring (bicyclic) bond motifs is 1. The Morgan fingerprint density at radius 3 is 2.39 bits per heavy atom. The lowest BCUT2D eigenvalue weighted by molar-refractivity contribution is -0.129. The molecule has 0 N–H and O–H groups in total. The molecule has 3 aromatic rings. The highest BCUT2D eigenvalue weighted by molar-refractivity contribution is 8.00. The van der Waals surface area contributed by atoms with Crippen LogP contribution < -0.4 is 5.56 Å². The smallest absolute Gasteiger partial charge is 0.266 e. The van der Waals surface area contributed by atoms with Gasteiger partial charge in [-0.1, -0.05) is 41.6 Å². The minimum absolute atomic E-state index is 0.0489. The lowest BCUT2D eigenvalue weighted by Crippen LogP contribution is -2.36. The van der Waals surface area contributed by atoms with Crippen molar-refractivity contribution in [2.24, 2.45) is 0 Å². The van der Waals surface area contributed by atoms with Crippen molar-refractivity contribution in [3.05, 3.63) is 64.4 Å². The third-order valence-electron chi connectivity index (χ3n) is 4.74. The molecule has 0 saturated carbocycles. The topological polar surface area (TPSA) is 55.2 Å². The number of hydrogen-bond acceptors (Lipinski definition) is 4. The van der Waals surface area contributed by atoms with Gasteiger partial charge in [0.2, 0.25) is 5.91 Å². The van der Waals surface area contributed by atoms with Gasteiger partial charge in [-0.15, -0.1) is 0 Å². The number of carbonyl (C=O) groups excluding carboxylic acids is 1. The van der Waals surface area contributed by atoms with Crippen LogP contribution in [-0.2, 0) is 4.79 Å². The van der Waals surface area contributed by atoms with Crippen LogP contribution in [0.25, 0.3) is 16.6 Å². The molecule has 0 spiro atoms. The summed E-state index contributed by atoms with van der Waals surface area (Å²) >= 11 is 1.33. The normalized spacial score (nSPS) is 12.1. The second kappa shape index (κ2) is 8.61. The summed E-state index contributed by atoms with van der Waals surface area (Å²) in [5.41, 5.74) is 2.38. The lowest BCUT2D eigenvalue weighted by Gasteiger charge is -2.23. The van der Waals surface area contributed by atoms with Crippen LogP contribution in [0, 0.1) is 6.92 Å². The van der Waals surface area contributed by atoms with Gasteiger partial charge in [-0.25, -0.2) is 4.98 Å². The summed E-state index contributed by atoms with van der Waals surface area (Å²) in [5.74, 6) is 0.0489. The molecule has 1 atom stereocenters. The molecule has 0 aliphatic heterocycles. The fraction of sp³-hybridized carbons (Fsp3) is 0.318. The molecule has 1 amide bonds. The molecule has 146 valence electrons. The third kappa shape index (κ3) is 3.97. The molecule has 0 bridgehead atoms. The van der Waals surface area contributed by atoms with Crippen LogP contribution in [-0.4, -0.2) is 38.7 Å². The van der Waals surface area contributed by atoms with E-state index in [1.165, 1.54) is 11.8 Å². The molecule has 0 aliphatic carbocycles. The van der Waals surface area contributed by atoms with E-state index in [4.69, 9.17) is 4.98 Å². The van der Waals surface area contributed by atoms with Crippen LogP contribution in [0.2, 0.25) is 0 Å². The Morgan fingerprint density at radius 2 is 1.75 bits per heavy atom. The summed E-state index contributed by atoms with van der Waals surface area (Å²) in [4.78, 5) is 32.5. The first-order valence-electron chi connectivity index (χ1n) is 9.50. The molecular weight excluding hydrogens is 370 g/mol.